The van der Waals surface area contributed by atoms with E-state index in [-0.39, 0.29) is 28.5 Å². The van der Waals surface area contributed by atoms with Gasteiger partial charge in [-0.3, -0.25) is 0 Å². The Balaban J connectivity index is 0. The summed E-state index contributed by atoms with van der Waals surface area (Å²) < 4.78 is 0. The molecular weight excluding hydrogens is 272 g/mol. The molecule has 0 unspecified atom stereocenters. The van der Waals surface area contributed by atoms with E-state index in [0.29, 0.717) is 0 Å². The first-order valence-corrected chi connectivity index (χ1v) is 2.34. The Morgan fingerprint density at radius 1 is 1.12 bits per heavy atom. The van der Waals surface area contributed by atoms with E-state index >= 15 is 0 Å². The van der Waals surface area contributed by atoms with Crippen LogP contribution in [0.2, 0.25) is 0 Å². The second kappa shape index (κ2) is 7.61. The van der Waals surface area contributed by atoms with E-state index in [1.54, 1.807) is 0 Å². The summed E-state index contributed by atoms with van der Waals surface area (Å²) >= 11 is 0. The maximum Gasteiger partial charge on any atom is 2.00 e. The van der Waals surface area contributed by atoms with Crippen LogP contribution in [0.5, 0.6) is 0 Å². The van der Waals surface area contributed by atoms with Crippen LogP contribution in [0.4, 0.5) is 0 Å². The molecule has 2 nitrogen and oxygen atoms in total. The van der Waals surface area contributed by atoms with E-state index < -0.39 is 0 Å². The summed E-state index contributed by atoms with van der Waals surface area (Å²) in [5, 5.41) is 7.31. The molecule has 0 aromatic carbocycles. The zero-order valence-corrected chi connectivity index (χ0v) is 8.12. The Morgan fingerprint density at radius 3 is 1.75 bits per heavy atom. The minimum absolute atomic E-state index is 0. The quantitative estimate of drug-likeness (QED) is 0.641. The summed E-state index contributed by atoms with van der Waals surface area (Å²) in [6.07, 6.45) is 0. The number of nitrogens with zero attached hydrogens (tertiary/aromatic N) is 1. The van der Waals surface area contributed by atoms with Gasteiger partial charge in [-0.1, -0.05) is 0 Å². The fourth-order valence-corrected chi connectivity index (χ4v) is 0.553. The average molecular weight is 284 g/mol. The first-order valence-electron chi connectivity index (χ1n) is 2.34. The Bertz CT molecular complexity index is 25.9. The monoisotopic (exact) mass is 284 g/mol. The van der Waals surface area contributed by atoms with E-state index in [0.717, 1.165) is 26.2 Å². The Labute approximate surface area is 65.7 Å². The van der Waals surface area contributed by atoms with E-state index in [2.05, 4.69) is 10.6 Å². The van der Waals surface area contributed by atoms with Crippen molar-refractivity contribution < 1.29 is 21.1 Å². The molecular formula is C5H12N2W. The van der Waals surface area contributed by atoms with Gasteiger partial charge in [-0.25, -0.2) is 0 Å². The van der Waals surface area contributed by atoms with Crippen molar-refractivity contribution in [2.75, 3.05) is 26.2 Å². The summed E-state index contributed by atoms with van der Waals surface area (Å²) in [6.45, 7) is 4.19. The normalized spacial score (nSPS) is 18.0. The van der Waals surface area contributed by atoms with Crippen LogP contribution >= 0.6 is 0 Å². The molecule has 0 saturated carbocycles. The maximum atomic E-state index is 4.11. The van der Waals surface area contributed by atoms with Gasteiger partial charge in [-0.15, -0.1) is 13.1 Å². The smallest absolute Gasteiger partial charge is 0.660 e. The zero-order valence-electron chi connectivity index (χ0n) is 5.18. The minimum Gasteiger partial charge on any atom is -0.660 e. The second-order valence-electron chi connectivity index (χ2n) is 1.42. The summed E-state index contributed by atoms with van der Waals surface area (Å²) in [7, 11) is 0. The van der Waals surface area contributed by atoms with E-state index in [4.69, 9.17) is 0 Å². The second-order valence-corrected chi connectivity index (χ2v) is 1.42. The molecule has 1 N–H and O–H groups in total. The first kappa shape index (κ1) is 11.4. The number of hydrogen-bond donors (Lipinski definition) is 1. The fraction of sp³-hybridized carbons (Fsp3) is 0.800. The molecule has 48 valence electrons. The van der Waals surface area contributed by atoms with Gasteiger partial charge in [0.05, 0.1) is 0 Å². The van der Waals surface area contributed by atoms with Gasteiger partial charge in [0.25, 0.3) is 0 Å². The molecule has 1 saturated heterocycles. The Morgan fingerprint density at radius 2 is 1.62 bits per heavy atom. The first-order chi connectivity index (χ1) is 3.00. The van der Waals surface area contributed by atoms with Crippen molar-refractivity contribution in [1.29, 1.82) is 0 Å². The van der Waals surface area contributed by atoms with Crippen LogP contribution in [0, 0.1) is 7.43 Å². The molecule has 0 aromatic heterocycles. The van der Waals surface area contributed by atoms with Crippen LogP contribution in [-0.4, -0.2) is 26.2 Å². The Kier molecular flexibility index (Phi) is 10.9. The topological polar surface area (TPSA) is 26.1 Å². The van der Waals surface area contributed by atoms with Gasteiger partial charge < -0.3 is 18.1 Å². The predicted molar refractivity (Wildman–Crippen MR) is 32.4 cm³/mol. The van der Waals surface area contributed by atoms with Crippen molar-refractivity contribution in [3.8, 4) is 0 Å². The van der Waals surface area contributed by atoms with E-state index in [1.807, 2.05) is 0 Å². The van der Waals surface area contributed by atoms with Gasteiger partial charge in [-0.05, 0) is 13.1 Å². The molecule has 1 heterocycles. The number of hydrogen-bond acceptors (Lipinski definition) is 1. The van der Waals surface area contributed by atoms with E-state index in [1.165, 1.54) is 0 Å². The third kappa shape index (κ3) is 4.76. The van der Waals surface area contributed by atoms with Crippen molar-refractivity contribution >= 4 is 0 Å². The van der Waals surface area contributed by atoms with Gasteiger partial charge in [-0.2, -0.15) is 0 Å². The number of rotatable bonds is 0. The molecule has 3 heteroatoms. The fourth-order valence-electron chi connectivity index (χ4n) is 0.553. The number of nitrogens with one attached hydrogen (secondary N) is 1. The van der Waals surface area contributed by atoms with Crippen LogP contribution in [0.25, 0.3) is 5.32 Å². The van der Waals surface area contributed by atoms with Gasteiger partial charge >= 0.3 is 21.1 Å². The van der Waals surface area contributed by atoms with Crippen LogP contribution < -0.4 is 5.32 Å². The van der Waals surface area contributed by atoms with E-state index in [9.17, 15) is 0 Å². The van der Waals surface area contributed by atoms with Crippen LogP contribution in [-0.2, 0) is 21.1 Å². The number of piperazine rings is 1. The van der Waals surface area contributed by atoms with Crippen molar-refractivity contribution in [2.24, 2.45) is 0 Å². The molecule has 0 aromatic rings. The van der Waals surface area contributed by atoms with Gasteiger partial charge in [0, 0.05) is 0 Å². The van der Waals surface area contributed by atoms with Gasteiger partial charge in [0.15, 0.2) is 0 Å². The van der Waals surface area contributed by atoms with Crippen molar-refractivity contribution in [3.63, 3.8) is 0 Å². The summed E-state index contributed by atoms with van der Waals surface area (Å²) in [4.78, 5) is 0. The summed E-state index contributed by atoms with van der Waals surface area (Å²) in [5.74, 6) is 0. The molecule has 1 aliphatic rings. The van der Waals surface area contributed by atoms with Crippen LogP contribution in [0.15, 0.2) is 0 Å². The minimum atomic E-state index is 0. The van der Waals surface area contributed by atoms with Gasteiger partial charge in [0.1, 0.15) is 0 Å². The molecule has 0 spiro atoms. The molecule has 1 aliphatic heterocycles. The third-order valence-corrected chi connectivity index (χ3v) is 0.893. The molecule has 0 aliphatic carbocycles. The zero-order chi connectivity index (χ0) is 4.24. The van der Waals surface area contributed by atoms with Crippen LogP contribution in [0.3, 0.4) is 0 Å². The van der Waals surface area contributed by atoms with Crippen LogP contribution in [0.1, 0.15) is 0 Å². The summed E-state index contributed by atoms with van der Waals surface area (Å²) in [5.41, 5.74) is 0. The molecule has 0 atom stereocenters. The SMILES string of the molecule is C1CNCC[N-]1.[CH3-].[W+2]. The van der Waals surface area contributed by atoms with Gasteiger partial charge in [0.2, 0.25) is 0 Å². The predicted octanol–water partition coefficient (Wildman–Crippen LogP) is 0.411. The molecule has 1 rings (SSSR count). The standard InChI is InChI=1S/C4H9N2.CH3.W/c1-2-6-4-3-5-1;;/h5H,1-4H2;1H3;/q2*-1;+2. The summed E-state index contributed by atoms with van der Waals surface area (Å²) in [6, 6.07) is 0. The molecule has 0 amide bonds. The molecule has 0 radical (unpaired) electrons. The largest absolute Gasteiger partial charge is 2.00 e. The maximum absolute atomic E-state index is 4.11. The average Bonchev–Trinajstić information content (AvgIpc) is 1.72. The van der Waals surface area contributed by atoms with Crippen molar-refractivity contribution in [2.45, 2.75) is 0 Å². The van der Waals surface area contributed by atoms with Crippen molar-refractivity contribution in [1.82, 2.24) is 5.32 Å². The third-order valence-electron chi connectivity index (χ3n) is 0.893. The van der Waals surface area contributed by atoms with Crippen molar-refractivity contribution in [3.05, 3.63) is 12.7 Å². The molecule has 0 bridgehead atoms. The molecule has 8 heavy (non-hydrogen) atoms. The Hall–Kier alpha value is 0.608. The molecule has 1 fully saturated rings.